The van der Waals surface area contributed by atoms with Crippen molar-refractivity contribution >= 4 is 5.91 Å². The molecule has 196 valence electrons. The topological polar surface area (TPSA) is 104 Å². The second kappa shape index (κ2) is 11.2. The van der Waals surface area contributed by atoms with Crippen LogP contribution in [0.5, 0.6) is 5.75 Å². The van der Waals surface area contributed by atoms with Crippen LogP contribution in [0.4, 0.5) is 0 Å². The fraction of sp³-hybridized carbons (Fsp3) is 0.533. The molecule has 7 nitrogen and oxygen atoms in total. The highest BCUT2D eigenvalue weighted by Gasteiger charge is 2.45. The first kappa shape index (κ1) is 25.7. The number of carbonyl (C=O) groups is 1. The summed E-state index contributed by atoms with van der Waals surface area (Å²) in [6, 6.07) is 15.5. The maximum Gasteiger partial charge on any atom is 0.249 e. The molecule has 1 aliphatic carbocycles. The van der Waals surface area contributed by atoms with E-state index in [0.29, 0.717) is 31.6 Å². The first-order valence-electron chi connectivity index (χ1n) is 13.6. The van der Waals surface area contributed by atoms with Crippen LogP contribution in [0.2, 0.25) is 0 Å². The van der Waals surface area contributed by atoms with Crippen molar-refractivity contribution in [3.63, 3.8) is 0 Å². The number of carbonyl (C=O) groups excluding carboxylic acids is 1. The lowest BCUT2D eigenvalue weighted by atomic mass is 9.72. The minimum Gasteiger partial charge on any atom is -0.487 e. The molecule has 1 spiro atoms. The molecule has 2 heterocycles. The van der Waals surface area contributed by atoms with Crippen molar-refractivity contribution in [3.05, 3.63) is 64.7 Å². The van der Waals surface area contributed by atoms with E-state index in [0.717, 1.165) is 49.0 Å². The Morgan fingerprint density at radius 2 is 2.08 bits per heavy atom. The standard InChI is InChI=1S/C30H37N3O4/c1-2-20-9-10-27-23(15-20)25(17-30(37-27)11-5-12-30)32-19-26(34)24(33-29(35)28-8-4-13-36-28)16-21-6-3-7-22(14-21)18-31/h3,6-7,9-10,14-15,24-26,28,32,34H,2,4-5,8,11-13,16-17,19H2,1H3,(H,33,35)/t24-,25-,26-,28?/m0/s1. The Bertz CT molecular complexity index is 1150. The fourth-order valence-electron chi connectivity index (χ4n) is 5.77. The van der Waals surface area contributed by atoms with Gasteiger partial charge >= 0.3 is 0 Å². The maximum atomic E-state index is 12.9. The van der Waals surface area contributed by atoms with E-state index in [2.05, 4.69) is 41.8 Å². The number of ether oxygens (including phenoxy) is 2. The molecule has 3 N–H and O–H groups in total. The predicted molar refractivity (Wildman–Crippen MR) is 140 cm³/mol. The van der Waals surface area contributed by atoms with Crippen molar-refractivity contribution in [2.24, 2.45) is 0 Å². The smallest absolute Gasteiger partial charge is 0.249 e. The van der Waals surface area contributed by atoms with E-state index in [9.17, 15) is 15.2 Å². The molecule has 0 bridgehead atoms. The van der Waals surface area contributed by atoms with E-state index in [1.54, 1.807) is 6.07 Å². The van der Waals surface area contributed by atoms with Gasteiger partial charge in [0, 0.05) is 31.2 Å². The third-order valence-electron chi connectivity index (χ3n) is 8.12. The van der Waals surface area contributed by atoms with Gasteiger partial charge in [-0.25, -0.2) is 0 Å². The van der Waals surface area contributed by atoms with Crippen LogP contribution in [0.15, 0.2) is 42.5 Å². The summed E-state index contributed by atoms with van der Waals surface area (Å²) in [5, 5.41) is 27.3. The Morgan fingerprint density at radius 1 is 1.22 bits per heavy atom. The Hall–Kier alpha value is -2.92. The van der Waals surface area contributed by atoms with Gasteiger partial charge in [-0.2, -0.15) is 5.26 Å². The average molecular weight is 504 g/mol. The molecular weight excluding hydrogens is 466 g/mol. The average Bonchev–Trinajstić information content (AvgIpc) is 3.45. The van der Waals surface area contributed by atoms with Gasteiger partial charge in [0.05, 0.1) is 23.8 Å². The lowest BCUT2D eigenvalue weighted by molar-refractivity contribution is -0.131. The number of amides is 1. The van der Waals surface area contributed by atoms with Crippen molar-refractivity contribution in [2.75, 3.05) is 13.2 Å². The SMILES string of the molecule is CCc1ccc2c(c1)[C@@H](NC[C@H](O)[C@H](Cc1cccc(C#N)c1)NC(=O)C1CCCO1)CC1(CCC1)O2. The number of nitrogens with one attached hydrogen (secondary N) is 2. The molecule has 37 heavy (non-hydrogen) atoms. The molecule has 2 aromatic rings. The highest BCUT2D eigenvalue weighted by atomic mass is 16.5. The summed E-state index contributed by atoms with van der Waals surface area (Å²) >= 11 is 0. The van der Waals surface area contributed by atoms with Crippen molar-refractivity contribution in [3.8, 4) is 11.8 Å². The minimum atomic E-state index is -0.825. The van der Waals surface area contributed by atoms with Crippen molar-refractivity contribution in [2.45, 2.75) is 88.2 Å². The number of hydrogen-bond acceptors (Lipinski definition) is 6. The molecule has 7 heteroatoms. The normalized spacial score (nSPS) is 23.3. The van der Waals surface area contributed by atoms with Gasteiger partial charge in [0.25, 0.3) is 0 Å². The molecule has 1 amide bonds. The summed E-state index contributed by atoms with van der Waals surface area (Å²) in [5.74, 6) is 0.752. The number of rotatable bonds is 9. The van der Waals surface area contributed by atoms with Gasteiger partial charge in [-0.3, -0.25) is 4.79 Å². The van der Waals surface area contributed by atoms with Crippen LogP contribution in [0.3, 0.4) is 0 Å². The Balaban J connectivity index is 1.32. The van der Waals surface area contributed by atoms with Gasteiger partial charge in [0.15, 0.2) is 0 Å². The highest BCUT2D eigenvalue weighted by Crippen LogP contribution is 2.49. The number of hydrogen-bond donors (Lipinski definition) is 3. The lowest BCUT2D eigenvalue weighted by Crippen LogP contribution is -2.53. The summed E-state index contributed by atoms with van der Waals surface area (Å²) in [7, 11) is 0. The zero-order valence-electron chi connectivity index (χ0n) is 21.5. The van der Waals surface area contributed by atoms with E-state index in [-0.39, 0.29) is 17.6 Å². The lowest BCUT2D eigenvalue weighted by Gasteiger charge is -2.48. The van der Waals surface area contributed by atoms with Gasteiger partial charge in [-0.1, -0.05) is 31.2 Å². The molecule has 1 unspecified atom stereocenters. The summed E-state index contributed by atoms with van der Waals surface area (Å²) < 4.78 is 12.0. The Kier molecular flexibility index (Phi) is 7.80. The molecule has 3 aliphatic rings. The van der Waals surface area contributed by atoms with Crippen LogP contribution in [0, 0.1) is 11.3 Å². The van der Waals surface area contributed by atoms with Gasteiger partial charge in [-0.15, -0.1) is 0 Å². The maximum absolute atomic E-state index is 12.9. The van der Waals surface area contributed by atoms with Crippen LogP contribution >= 0.6 is 0 Å². The first-order chi connectivity index (χ1) is 18.0. The van der Waals surface area contributed by atoms with Crippen LogP contribution in [0.25, 0.3) is 0 Å². The molecular formula is C30H37N3O4. The van der Waals surface area contributed by atoms with Crippen molar-refractivity contribution in [1.82, 2.24) is 10.6 Å². The monoisotopic (exact) mass is 503 g/mol. The minimum absolute atomic E-state index is 0.0710. The van der Waals surface area contributed by atoms with E-state index in [1.807, 2.05) is 18.2 Å². The van der Waals surface area contributed by atoms with E-state index in [4.69, 9.17) is 9.47 Å². The summed E-state index contributed by atoms with van der Waals surface area (Å²) in [5.41, 5.74) is 3.75. The van der Waals surface area contributed by atoms with Crippen LogP contribution in [-0.4, -0.2) is 48.0 Å². The van der Waals surface area contributed by atoms with Crippen LogP contribution in [-0.2, 0) is 22.4 Å². The predicted octanol–water partition coefficient (Wildman–Crippen LogP) is 3.72. The summed E-state index contributed by atoms with van der Waals surface area (Å²) in [4.78, 5) is 12.9. The number of aliphatic hydroxyl groups is 1. The van der Waals surface area contributed by atoms with E-state index >= 15 is 0 Å². The molecule has 0 aromatic heterocycles. The largest absolute Gasteiger partial charge is 0.487 e. The zero-order chi connectivity index (χ0) is 25.8. The molecule has 2 aliphatic heterocycles. The number of benzene rings is 2. The molecule has 2 aromatic carbocycles. The van der Waals surface area contributed by atoms with E-state index in [1.165, 1.54) is 12.0 Å². The number of aliphatic hydroxyl groups excluding tert-OH is 1. The molecule has 1 saturated heterocycles. The number of fused-ring (bicyclic) bond motifs is 1. The van der Waals surface area contributed by atoms with Crippen molar-refractivity contribution < 1.29 is 19.4 Å². The Morgan fingerprint density at radius 3 is 2.78 bits per heavy atom. The molecule has 5 rings (SSSR count). The van der Waals surface area contributed by atoms with Crippen LogP contribution < -0.4 is 15.4 Å². The zero-order valence-corrected chi connectivity index (χ0v) is 21.5. The van der Waals surface area contributed by atoms with Gasteiger partial charge in [-0.05, 0) is 74.3 Å². The third kappa shape index (κ3) is 5.82. The quantitative estimate of drug-likeness (QED) is 0.482. The van der Waals surface area contributed by atoms with Gasteiger partial charge < -0.3 is 25.2 Å². The van der Waals surface area contributed by atoms with Gasteiger partial charge in [0.2, 0.25) is 5.91 Å². The molecule has 1 saturated carbocycles. The Labute approximate surface area is 219 Å². The molecule has 0 radical (unpaired) electrons. The molecule has 2 fully saturated rings. The first-order valence-corrected chi connectivity index (χ1v) is 13.6. The number of nitriles is 1. The fourth-order valence-corrected chi connectivity index (χ4v) is 5.77. The van der Waals surface area contributed by atoms with Crippen molar-refractivity contribution in [1.29, 1.82) is 5.26 Å². The van der Waals surface area contributed by atoms with Gasteiger partial charge in [0.1, 0.15) is 17.5 Å². The second-order valence-corrected chi connectivity index (χ2v) is 10.7. The second-order valence-electron chi connectivity index (χ2n) is 10.7. The number of nitrogens with zero attached hydrogens (tertiary/aromatic N) is 1. The third-order valence-corrected chi connectivity index (χ3v) is 8.12. The van der Waals surface area contributed by atoms with Crippen LogP contribution in [0.1, 0.15) is 73.7 Å². The summed E-state index contributed by atoms with van der Waals surface area (Å²) in [6.07, 6.45) is 5.79. The summed E-state index contributed by atoms with van der Waals surface area (Å²) in [6.45, 7) is 3.06. The molecule has 4 atom stereocenters. The van der Waals surface area contributed by atoms with E-state index < -0.39 is 18.2 Å². The number of aryl methyl sites for hydroxylation is 1. The highest BCUT2D eigenvalue weighted by molar-refractivity contribution is 5.81.